The predicted octanol–water partition coefficient (Wildman–Crippen LogP) is 3.55. The van der Waals surface area contributed by atoms with Gasteiger partial charge in [0.2, 0.25) is 0 Å². The number of hydrogen-bond donors (Lipinski definition) is 2. The molecule has 0 aliphatic carbocycles. The zero-order valence-corrected chi connectivity index (χ0v) is 15.8. The molecule has 0 spiro atoms. The van der Waals surface area contributed by atoms with Gasteiger partial charge in [-0.05, 0) is 62.6 Å². The molecule has 6 heteroatoms. The molecule has 0 fully saturated rings. The Morgan fingerprint density at radius 1 is 1.00 bits per heavy atom. The third kappa shape index (κ3) is 4.60. The molecule has 5 nitrogen and oxygen atoms in total. The van der Waals surface area contributed by atoms with Crippen molar-refractivity contribution in [3.8, 4) is 0 Å². The number of amides is 1. The van der Waals surface area contributed by atoms with Crippen molar-refractivity contribution in [1.29, 1.82) is 0 Å². The first-order chi connectivity index (χ1) is 11.7. The summed E-state index contributed by atoms with van der Waals surface area (Å²) in [7, 11) is -3.69. The molecule has 134 valence electrons. The molecule has 0 atom stereocenters. The van der Waals surface area contributed by atoms with Gasteiger partial charge in [0.1, 0.15) is 0 Å². The Kier molecular flexibility index (Phi) is 5.85. The quantitative estimate of drug-likeness (QED) is 0.827. The highest BCUT2D eigenvalue weighted by Gasteiger charge is 2.20. The van der Waals surface area contributed by atoms with Crippen LogP contribution in [0.5, 0.6) is 0 Å². The fourth-order valence-electron chi connectivity index (χ4n) is 2.83. The zero-order chi connectivity index (χ0) is 18.6. The first-order valence-corrected chi connectivity index (χ1v) is 9.72. The van der Waals surface area contributed by atoms with Gasteiger partial charge in [0.25, 0.3) is 15.9 Å². The number of nitrogens with one attached hydrogen (secondary N) is 2. The topological polar surface area (TPSA) is 75.3 Å². The molecule has 0 aliphatic rings. The van der Waals surface area contributed by atoms with E-state index in [4.69, 9.17) is 0 Å². The molecule has 0 bridgehead atoms. The Morgan fingerprint density at radius 2 is 1.56 bits per heavy atom. The monoisotopic (exact) mass is 360 g/mol. The van der Waals surface area contributed by atoms with Gasteiger partial charge in [-0.15, -0.1) is 0 Å². The fraction of sp³-hybridized carbons (Fsp3) is 0.316. The number of benzene rings is 2. The Balaban J connectivity index is 2.23. The smallest absolute Gasteiger partial charge is 0.262 e. The maximum Gasteiger partial charge on any atom is 0.262 e. The van der Waals surface area contributed by atoms with E-state index in [1.807, 2.05) is 26.0 Å². The summed E-state index contributed by atoms with van der Waals surface area (Å²) in [5.41, 5.74) is 3.36. The summed E-state index contributed by atoms with van der Waals surface area (Å²) in [5, 5.41) is 2.78. The van der Waals surface area contributed by atoms with Gasteiger partial charge in [0, 0.05) is 17.8 Å². The summed E-state index contributed by atoms with van der Waals surface area (Å²) in [4.78, 5) is 12.2. The number of anilines is 1. The summed E-state index contributed by atoms with van der Waals surface area (Å²) in [6, 6.07) is 10.1. The molecule has 2 aromatic carbocycles. The maximum atomic E-state index is 12.7. The minimum Gasteiger partial charge on any atom is -0.352 e. The van der Waals surface area contributed by atoms with Crippen molar-refractivity contribution in [2.24, 2.45) is 0 Å². The molecule has 0 unspecified atom stereocenters. The van der Waals surface area contributed by atoms with Crippen molar-refractivity contribution in [3.63, 3.8) is 0 Å². The SMILES string of the molecule is CCCNC(=O)c1ccc(NS(=O)(=O)c2c(C)cc(C)cc2C)cc1. The summed E-state index contributed by atoms with van der Waals surface area (Å²) >= 11 is 0. The van der Waals surface area contributed by atoms with E-state index in [1.54, 1.807) is 38.1 Å². The molecule has 2 aromatic rings. The van der Waals surface area contributed by atoms with Gasteiger partial charge in [0.15, 0.2) is 0 Å². The lowest BCUT2D eigenvalue weighted by atomic mass is 10.1. The molecule has 2 N–H and O–H groups in total. The Bertz CT molecular complexity index is 849. The van der Waals surface area contributed by atoms with Gasteiger partial charge < -0.3 is 5.32 Å². The van der Waals surface area contributed by atoms with Crippen molar-refractivity contribution in [2.75, 3.05) is 11.3 Å². The van der Waals surface area contributed by atoms with Crippen LogP contribution in [-0.4, -0.2) is 20.9 Å². The number of carbonyl (C=O) groups is 1. The molecule has 0 heterocycles. The molecule has 2 rings (SSSR count). The third-order valence-electron chi connectivity index (χ3n) is 3.81. The largest absolute Gasteiger partial charge is 0.352 e. The molecular weight excluding hydrogens is 336 g/mol. The number of hydrogen-bond acceptors (Lipinski definition) is 3. The second-order valence-corrected chi connectivity index (χ2v) is 7.79. The highest BCUT2D eigenvalue weighted by molar-refractivity contribution is 7.92. The summed E-state index contributed by atoms with van der Waals surface area (Å²) in [6.07, 6.45) is 0.860. The molecular formula is C19H24N2O3S. The van der Waals surface area contributed by atoms with E-state index in [-0.39, 0.29) is 5.91 Å². The van der Waals surface area contributed by atoms with Crippen LogP contribution in [0.15, 0.2) is 41.3 Å². The van der Waals surface area contributed by atoms with Crippen LogP contribution in [0.4, 0.5) is 5.69 Å². The van der Waals surface area contributed by atoms with Crippen molar-refractivity contribution in [2.45, 2.75) is 39.0 Å². The van der Waals surface area contributed by atoms with Crippen molar-refractivity contribution >= 4 is 21.6 Å². The lowest BCUT2D eigenvalue weighted by molar-refractivity contribution is 0.0953. The Hall–Kier alpha value is -2.34. The van der Waals surface area contributed by atoms with Crippen LogP contribution < -0.4 is 10.0 Å². The van der Waals surface area contributed by atoms with E-state index in [0.717, 1.165) is 12.0 Å². The summed E-state index contributed by atoms with van der Waals surface area (Å²) in [5.74, 6) is -0.165. The van der Waals surface area contributed by atoms with Gasteiger partial charge in [-0.25, -0.2) is 8.42 Å². The molecule has 0 saturated carbocycles. The van der Waals surface area contributed by atoms with Crippen LogP contribution in [0.25, 0.3) is 0 Å². The van der Waals surface area contributed by atoms with Crippen molar-refractivity contribution in [3.05, 3.63) is 58.7 Å². The number of sulfonamides is 1. The van der Waals surface area contributed by atoms with Gasteiger partial charge in [0.05, 0.1) is 4.90 Å². The zero-order valence-electron chi connectivity index (χ0n) is 15.0. The molecule has 25 heavy (non-hydrogen) atoms. The van der Waals surface area contributed by atoms with E-state index >= 15 is 0 Å². The fourth-order valence-corrected chi connectivity index (χ4v) is 4.34. The van der Waals surface area contributed by atoms with Gasteiger partial charge >= 0.3 is 0 Å². The highest BCUT2D eigenvalue weighted by Crippen LogP contribution is 2.24. The van der Waals surface area contributed by atoms with Crippen LogP contribution in [0.2, 0.25) is 0 Å². The number of aryl methyl sites for hydroxylation is 3. The van der Waals surface area contributed by atoms with Crippen LogP contribution in [0.1, 0.15) is 40.4 Å². The minimum absolute atomic E-state index is 0.165. The lowest BCUT2D eigenvalue weighted by Crippen LogP contribution is -2.23. The van der Waals surface area contributed by atoms with Gasteiger partial charge in [-0.1, -0.05) is 24.6 Å². The van der Waals surface area contributed by atoms with Crippen LogP contribution in [-0.2, 0) is 10.0 Å². The van der Waals surface area contributed by atoms with Crippen LogP contribution in [0, 0.1) is 20.8 Å². The van der Waals surface area contributed by atoms with E-state index < -0.39 is 10.0 Å². The normalized spacial score (nSPS) is 11.2. The van der Waals surface area contributed by atoms with Crippen LogP contribution in [0.3, 0.4) is 0 Å². The standard InChI is InChI=1S/C19H24N2O3S/c1-5-10-20-19(22)16-6-8-17(9-7-16)21-25(23,24)18-14(3)11-13(2)12-15(18)4/h6-9,11-12,21H,5,10H2,1-4H3,(H,20,22). The van der Waals surface area contributed by atoms with Crippen molar-refractivity contribution in [1.82, 2.24) is 5.32 Å². The average molecular weight is 360 g/mol. The Labute approximate surface area is 149 Å². The second kappa shape index (κ2) is 7.70. The van der Waals surface area contributed by atoms with E-state index in [1.165, 1.54) is 0 Å². The number of rotatable bonds is 6. The number of carbonyl (C=O) groups excluding carboxylic acids is 1. The summed E-state index contributed by atoms with van der Waals surface area (Å²) in [6.45, 7) is 8.10. The molecule has 0 aliphatic heterocycles. The third-order valence-corrected chi connectivity index (χ3v) is 5.49. The van der Waals surface area contributed by atoms with Crippen LogP contribution >= 0.6 is 0 Å². The van der Waals surface area contributed by atoms with E-state index in [9.17, 15) is 13.2 Å². The molecule has 0 saturated heterocycles. The van der Waals surface area contributed by atoms with E-state index in [0.29, 0.717) is 33.8 Å². The predicted molar refractivity (Wildman–Crippen MR) is 101 cm³/mol. The Morgan fingerprint density at radius 3 is 2.08 bits per heavy atom. The van der Waals surface area contributed by atoms with E-state index in [2.05, 4.69) is 10.0 Å². The molecule has 1 amide bonds. The summed E-state index contributed by atoms with van der Waals surface area (Å²) < 4.78 is 28.0. The van der Waals surface area contributed by atoms with Crippen molar-refractivity contribution < 1.29 is 13.2 Å². The first-order valence-electron chi connectivity index (χ1n) is 8.23. The average Bonchev–Trinajstić information content (AvgIpc) is 2.51. The van der Waals surface area contributed by atoms with Gasteiger partial charge in [-0.2, -0.15) is 0 Å². The minimum atomic E-state index is -3.69. The van der Waals surface area contributed by atoms with Gasteiger partial charge in [-0.3, -0.25) is 9.52 Å². The lowest BCUT2D eigenvalue weighted by Gasteiger charge is -2.14. The first kappa shape index (κ1) is 19.0. The second-order valence-electron chi connectivity index (χ2n) is 6.17. The highest BCUT2D eigenvalue weighted by atomic mass is 32.2. The molecule has 0 radical (unpaired) electrons. The maximum absolute atomic E-state index is 12.7. The molecule has 0 aromatic heterocycles.